The first-order chi connectivity index (χ1) is 6.36. The van der Waals surface area contributed by atoms with Crippen molar-refractivity contribution in [1.82, 2.24) is 0 Å². The third-order valence-electron chi connectivity index (χ3n) is 2.28. The molecule has 2 heteroatoms. The summed E-state index contributed by atoms with van der Waals surface area (Å²) < 4.78 is 0. The Balaban J connectivity index is 2.13. The molecule has 1 fully saturated rings. The van der Waals surface area contributed by atoms with Gasteiger partial charge in [0.25, 0.3) is 0 Å². The molecule has 0 unspecified atom stereocenters. The Kier molecular flexibility index (Phi) is 2.69. The summed E-state index contributed by atoms with van der Waals surface area (Å²) in [5, 5.41) is 0.405. The molecular formula is C11H12OS. The molecule has 1 aliphatic rings. The number of ketones is 1. The van der Waals surface area contributed by atoms with Crippen LogP contribution in [-0.2, 0) is 4.79 Å². The quantitative estimate of drug-likeness (QED) is 0.680. The number of hydrogen-bond acceptors (Lipinski definition) is 2. The smallest absolute Gasteiger partial charge is 0.135 e. The molecule has 0 radical (unpaired) electrons. The van der Waals surface area contributed by atoms with Crippen LogP contribution in [0, 0.1) is 0 Å². The Hall–Kier alpha value is -0.760. The molecule has 68 valence electrons. The van der Waals surface area contributed by atoms with Crippen LogP contribution in [-0.4, -0.2) is 11.5 Å². The summed E-state index contributed by atoms with van der Waals surface area (Å²) in [6.07, 6.45) is 1.47. The van der Waals surface area contributed by atoms with Crippen LogP contribution in [0.3, 0.4) is 0 Å². The molecule has 0 aromatic heterocycles. The van der Waals surface area contributed by atoms with Gasteiger partial charge < -0.3 is 0 Å². The van der Waals surface area contributed by atoms with E-state index in [1.165, 1.54) is 5.56 Å². The predicted molar refractivity (Wildman–Crippen MR) is 55.9 cm³/mol. The summed E-state index contributed by atoms with van der Waals surface area (Å²) in [7, 11) is 0. The molecule has 1 heterocycles. The Morgan fingerprint density at radius 2 is 2.00 bits per heavy atom. The van der Waals surface area contributed by atoms with Crippen molar-refractivity contribution < 1.29 is 4.79 Å². The second-order valence-corrected chi connectivity index (χ2v) is 4.57. The Bertz CT molecular complexity index is 294. The minimum atomic E-state index is 0.405. The minimum Gasteiger partial charge on any atom is -0.300 e. The van der Waals surface area contributed by atoms with E-state index in [2.05, 4.69) is 12.1 Å². The van der Waals surface area contributed by atoms with Crippen LogP contribution in [0.2, 0.25) is 0 Å². The lowest BCUT2D eigenvalue weighted by molar-refractivity contribution is -0.118. The zero-order valence-electron chi connectivity index (χ0n) is 7.40. The molecule has 0 spiro atoms. The Morgan fingerprint density at radius 1 is 1.23 bits per heavy atom. The second kappa shape index (κ2) is 3.97. The topological polar surface area (TPSA) is 17.1 Å². The van der Waals surface area contributed by atoms with E-state index in [1.54, 1.807) is 0 Å². The van der Waals surface area contributed by atoms with E-state index in [9.17, 15) is 4.79 Å². The lowest BCUT2D eigenvalue weighted by Crippen LogP contribution is -2.11. The van der Waals surface area contributed by atoms with Gasteiger partial charge in [0.2, 0.25) is 0 Å². The van der Waals surface area contributed by atoms with E-state index >= 15 is 0 Å². The summed E-state index contributed by atoms with van der Waals surface area (Å²) in [6.45, 7) is 0. The van der Waals surface area contributed by atoms with Crippen LogP contribution in [0.4, 0.5) is 0 Å². The summed E-state index contributed by atoms with van der Waals surface area (Å²) in [4.78, 5) is 11.2. The fourth-order valence-electron chi connectivity index (χ4n) is 1.56. The van der Waals surface area contributed by atoms with Gasteiger partial charge in [-0.15, -0.1) is 0 Å². The molecular weight excluding hydrogens is 180 g/mol. The van der Waals surface area contributed by atoms with Gasteiger partial charge in [-0.05, 0) is 5.56 Å². The standard InChI is InChI=1S/C11H12OS/c12-10-6-7-13-11(8-10)9-4-2-1-3-5-9/h1-5,11H,6-8H2/t11-/m1/s1. The predicted octanol–water partition coefficient (Wildman–Crippen LogP) is 2.82. The van der Waals surface area contributed by atoms with Crippen molar-refractivity contribution >= 4 is 17.5 Å². The largest absolute Gasteiger partial charge is 0.300 e. The molecule has 2 rings (SSSR count). The molecule has 0 N–H and O–H groups in total. The van der Waals surface area contributed by atoms with E-state index in [-0.39, 0.29) is 0 Å². The molecule has 0 saturated carbocycles. The van der Waals surface area contributed by atoms with Gasteiger partial charge in [0.05, 0.1) is 0 Å². The number of benzene rings is 1. The zero-order valence-corrected chi connectivity index (χ0v) is 8.22. The first-order valence-electron chi connectivity index (χ1n) is 4.54. The SMILES string of the molecule is O=C1CCS[C@@H](c2ccccc2)C1. The van der Waals surface area contributed by atoms with Crippen LogP contribution in [0.1, 0.15) is 23.7 Å². The van der Waals surface area contributed by atoms with Gasteiger partial charge in [-0.25, -0.2) is 0 Å². The van der Waals surface area contributed by atoms with Gasteiger partial charge >= 0.3 is 0 Å². The average molecular weight is 192 g/mol. The Labute approximate surface area is 82.5 Å². The van der Waals surface area contributed by atoms with E-state index in [4.69, 9.17) is 0 Å². The van der Waals surface area contributed by atoms with E-state index in [1.807, 2.05) is 30.0 Å². The molecule has 0 bridgehead atoms. The van der Waals surface area contributed by atoms with E-state index < -0.39 is 0 Å². The lowest BCUT2D eigenvalue weighted by Gasteiger charge is -2.20. The lowest BCUT2D eigenvalue weighted by atomic mass is 10.1. The first-order valence-corrected chi connectivity index (χ1v) is 5.59. The monoisotopic (exact) mass is 192 g/mol. The number of Topliss-reactive ketones (excluding diaryl/α,β-unsaturated/α-hetero) is 1. The molecule has 0 aliphatic carbocycles. The van der Waals surface area contributed by atoms with Crippen molar-refractivity contribution in [3.05, 3.63) is 35.9 Å². The fraction of sp³-hybridized carbons (Fsp3) is 0.364. The van der Waals surface area contributed by atoms with Gasteiger partial charge in [-0.1, -0.05) is 30.3 Å². The van der Waals surface area contributed by atoms with Crippen LogP contribution < -0.4 is 0 Å². The summed E-state index contributed by atoms with van der Waals surface area (Å²) in [5.41, 5.74) is 1.29. The van der Waals surface area contributed by atoms with Gasteiger partial charge in [0.15, 0.2) is 0 Å². The van der Waals surface area contributed by atoms with Crippen LogP contribution in [0.15, 0.2) is 30.3 Å². The van der Waals surface area contributed by atoms with Gasteiger partial charge in [-0.2, -0.15) is 11.8 Å². The van der Waals surface area contributed by atoms with Crippen molar-refractivity contribution in [3.63, 3.8) is 0 Å². The summed E-state index contributed by atoms with van der Waals surface area (Å²) >= 11 is 1.90. The summed E-state index contributed by atoms with van der Waals surface area (Å²) in [6, 6.07) is 10.3. The van der Waals surface area contributed by atoms with Gasteiger partial charge in [-0.3, -0.25) is 4.79 Å². The van der Waals surface area contributed by atoms with Crippen LogP contribution in [0.5, 0.6) is 0 Å². The molecule has 1 aliphatic heterocycles. The van der Waals surface area contributed by atoms with Crippen LogP contribution >= 0.6 is 11.8 Å². The number of rotatable bonds is 1. The highest BCUT2D eigenvalue weighted by atomic mass is 32.2. The number of carbonyl (C=O) groups is 1. The number of carbonyl (C=O) groups excluding carboxylic acids is 1. The summed E-state index contributed by atoms with van der Waals surface area (Å²) in [5.74, 6) is 1.39. The molecule has 1 atom stereocenters. The highest BCUT2D eigenvalue weighted by molar-refractivity contribution is 7.99. The number of hydrogen-bond donors (Lipinski definition) is 0. The van der Waals surface area contributed by atoms with Gasteiger partial charge in [0, 0.05) is 23.8 Å². The molecule has 1 nitrogen and oxygen atoms in total. The first kappa shape index (κ1) is 8.82. The minimum absolute atomic E-state index is 0.405. The van der Waals surface area contributed by atoms with Crippen molar-refractivity contribution in [1.29, 1.82) is 0 Å². The van der Waals surface area contributed by atoms with Crippen molar-refractivity contribution in [2.75, 3.05) is 5.75 Å². The Morgan fingerprint density at radius 3 is 2.69 bits per heavy atom. The highest BCUT2D eigenvalue weighted by Gasteiger charge is 2.20. The normalized spacial score (nSPS) is 23.1. The number of thioether (sulfide) groups is 1. The van der Waals surface area contributed by atoms with Crippen molar-refractivity contribution in [2.24, 2.45) is 0 Å². The fourth-order valence-corrected chi connectivity index (χ4v) is 2.85. The molecule has 1 aromatic rings. The van der Waals surface area contributed by atoms with Crippen molar-refractivity contribution in [3.8, 4) is 0 Å². The average Bonchev–Trinajstić information content (AvgIpc) is 2.19. The highest BCUT2D eigenvalue weighted by Crippen LogP contribution is 2.36. The second-order valence-electron chi connectivity index (χ2n) is 3.26. The third kappa shape index (κ3) is 2.13. The zero-order chi connectivity index (χ0) is 9.10. The molecule has 1 aromatic carbocycles. The van der Waals surface area contributed by atoms with Crippen LogP contribution in [0.25, 0.3) is 0 Å². The van der Waals surface area contributed by atoms with E-state index in [0.717, 1.165) is 12.2 Å². The maximum Gasteiger partial charge on any atom is 0.135 e. The molecule has 1 saturated heterocycles. The third-order valence-corrected chi connectivity index (χ3v) is 3.57. The van der Waals surface area contributed by atoms with Gasteiger partial charge in [0.1, 0.15) is 5.78 Å². The molecule has 13 heavy (non-hydrogen) atoms. The van der Waals surface area contributed by atoms with E-state index in [0.29, 0.717) is 17.5 Å². The van der Waals surface area contributed by atoms with Crippen molar-refractivity contribution in [2.45, 2.75) is 18.1 Å². The maximum atomic E-state index is 11.2. The maximum absolute atomic E-state index is 11.2. The molecule has 0 amide bonds.